The van der Waals surface area contributed by atoms with E-state index in [2.05, 4.69) is 25.7 Å². The zero-order chi connectivity index (χ0) is 26.7. The number of carbonyl (C=O) groups excluding carboxylic acids is 2. The molecule has 1 heterocycles. The van der Waals surface area contributed by atoms with Crippen molar-refractivity contribution in [1.29, 1.82) is 0 Å². The summed E-state index contributed by atoms with van der Waals surface area (Å²) in [6.45, 7) is 3.63. The van der Waals surface area contributed by atoms with Gasteiger partial charge in [-0.25, -0.2) is 8.42 Å². The fourth-order valence-corrected chi connectivity index (χ4v) is 4.55. The summed E-state index contributed by atoms with van der Waals surface area (Å²) in [6.07, 6.45) is 0.994. The number of phenolic OH excluding ortho intramolecular Hbond substituents is 1. The SMILES string of the molecule is CCOC(=O)[C@H](CNC(=O)c1ccc(OCCNC2=NCCCN2)cc1O)NS(=O)(=O)c1ccccc1. The molecule has 1 atom stereocenters. The topological polar surface area (TPSA) is 167 Å². The number of guanidine groups is 1. The molecule has 0 bridgehead atoms. The van der Waals surface area contributed by atoms with Gasteiger partial charge in [0.1, 0.15) is 24.1 Å². The predicted molar refractivity (Wildman–Crippen MR) is 136 cm³/mol. The molecular formula is C24H31N5O7S. The molecule has 1 aliphatic heterocycles. The highest BCUT2D eigenvalue weighted by Gasteiger charge is 2.27. The van der Waals surface area contributed by atoms with Crippen LogP contribution in [0.25, 0.3) is 0 Å². The van der Waals surface area contributed by atoms with Crippen molar-refractivity contribution < 1.29 is 32.6 Å². The van der Waals surface area contributed by atoms with Crippen LogP contribution in [0.3, 0.4) is 0 Å². The first-order valence-corrected chi connectivity index (χ1v) is 13.3. The van der Waals surface area contributed by atoms with Crippen molar-refractivity contribution in [2.45, 2.75) is 24.3 Å². The van der Waals surface area contributed by atoms with Gasteiger partial charge in [-0.3, -0.25) is 14.6 Å². The van der Waals surface area contributed by atoms with E-state index in [0.717, 1.165) is 25.5 Å². The Bertz CT molecular complexity index is 1210. The molecule has 1 amide bonds. The Morgan fingerprint density at radius 3 is 2.65 bits per heavy atom. The fraction of sp³-hybridized carbons (Fsp3) is 0.375. The Balaban J connectivity index is 1.56. The van der Waals surface area contributed by atoms with E-state index < -0.39 is 34.5 Å². The monoisotopic (exact) mass is 533 g/mol. The maximum atomic E-state index is 12.7. The van der Waals surface area contributed by atoms with Gasteiger partial charge in [0.25, 0.3) is 5.91 Å². The van der Waals surface area contributed by atoms with Crippen LogP contribution in [0.2, 0.25) is 0 Å². The van der Waals surface area contributed by atoms with E-state index in [0.29, 0.717) is 18.9 Å². The molecule has 0 aromatic heterocycles. The number of benzene rings is 2. The van der Waals surface area contributed by atoms with Crippen molar-refractivity contribution in [3.05, 3.63) is 54.1 Å². The molecule has 200 valence electrons. The van der Waals surface area contributed by atoms with E-state index in [1.54, 1.807) is 25.1 Å². The first-order chi connectivity index (χ1) is 17.8. The number of rotatable bonds is 12. The Morgan fingerprint density at radius 2 is 1.97 bits per heavy atom. The summed E-state index contributed by atoms with van der Waals surface area (Å²) in [4.78, 5) is 29.3. The highest BCUT2D eigenvalue weighted by molar-refractivity contribution is 7.89. The normalized spacial score (nSPS) is 14.0. The van der Waals surface area contributed by atoms with Gasteiger partial charge >= 0.3 is 5.97 Å². The van der Waals surface area contributed by atoms with Crippen LogP contribution in [-0.4, -0.2) is 76.8 Å². The van der Waals surface area contributed by atoms with Crippen molar-refractivity contribution in [3.8, 4) is 11.5 Å². The maximum absolute atomic E-state index is 12.7. The molecule has 37 heavy (non-hydrogen) atoms. The second-order valence-corrected chi connectivity index (χ2v) is 9.63. The van der Waals surface area contributed by atoms with Gasteiger partial charge in [0, 0.05) is 25.7 Å². The van der Waals surface area contributed by atoms with Gasteiger partial charge in [-0.1, -0.05) is 18.2 Å². The van der Waals surface area contributed by atoms with Crippen LogP contribution >= 0.6 is 0 Å². The third-order valence-electron chi connectivity index (χ3n) is 5.16. The van der Waals surface area contributed by atoms with E-state index in [4.69, 9.17) is 9.47 Å². The number of phenols is 1. The standard InChI is InChI=1S/C24H31N5O7S/c1-2-35-23(32)20(29-37(33,34)18-7-4-3-5-8-18)16-28-22(31)19-10-9-17(15-21(19)30)36-14-13-27-24-25-11-6-12-26-24/h3-5,7-10,15,20,29-30H,2,6,11-14,16H2,1H3,(H,28,31)(H2,25,26,27)/t20-/m0/s1. The molecule has 0 fully saturated rings. The molecule has 0 aliphatic carbocycles. The molecular weight excluding hydrogens is 502 g/mol. The smallest absolute Gasteiger partial charge is 0.326 e. The zero-order valence-corrected chi connectivity index (χ0v) is 21.2. The van der Waals surface area contributed by atoms with Crippen LogP contribution in [0.15, 0.2) is 58.4 Å². The van der Waals surface area contributed by atoms with Gasteiger partial charge in [0.2, 0.25) is 10.0 Å². The second kappa shape index (κ2) is 13.5. The molecule has 0 saturated heterocycles. The summed E-state index contributed by atoms with van der Waals surface area (Å²) in [7, 11) is -4.05. The lowest BCUT2D eigenvalue weighted by Crippen LogP contribution is -2.49. The van der Waals surface area contributed by atoms with Gasteiger partial charge < -0.3 is 30.5 Å². The molecule has 12 nitrogen and oxygen atoms in total. The number of nitrogens with zero attached hydrogens (tertiary/aromatic N) is 1. The van der Waals surface area contributed by atoms with E-state index in [1.165, 1.54) is 30.3 Å². The lowest BCUT2D eigenvalue weighted by Gasteiger charge is -2.18. The molecule has 0 radical (unpaired) electrons. The minimum atomic E-state index is -4.05. The van der Waals surface area contributed by atoms with Crippen LogP contribution in [-0.2, 0) is 19.6 Å². The summed E-state index contributed by atoms with van der Waals surface area (Å²) >= 11 is 0. The van der Waals surface area contributed by atoms with Gasteiger partial charge in [0.15, 0.2) is 5.96 Å². The number of hydrogen-bond acceptors (Lipinski definition) is 10. The van der Waals surface area contributed by atoms with Crippen molar-refractivity contribution in [2.24, 2.45) is 4.99 Å². The molecule has 0 spiro atoms. The number of esters is 1. The number of carbonyl (C=O) groups is 2. The van der Waals surface area contributed by atoms with Crippen LogP contribution < -0.4 is 25.4 Å². The summed E-state index contributed by atoms with van der Waals surface area (Å²) < 4.78 is 38.1. The summed E-state index contributed by atoms with van der Waals surface area (Å²) in [5.41, 5.74) is -0.0697. The lowest BCUT2D eigenvalue weighted by atomic mass is 10.1. The Labute approximate surface area is 215 Å². The first-order valence-electron chi connectivity index (χ1n) is 11.8. The Hall–Kier alpha value is -3.84. The van der Waals surface area contributed by atoms with E-state index in [9.17, 15) is 23.1 Å². The van der Waals surface area contributed by atoms with Crippen molar-refractivity contribution in [1.82, 2.24) is 20.7 Å². The van der Waals surface area contributed by atoms with Crippen molar-refractivity contribution >= 4 is 27.9 Å². The second-order valence-electron chi connectivity index (χ2n) is 7.91. The number of amides is 1. The van der Waals surface area contributed by atoms with Crippen molar-refractivity contribution in [3.63, 3.8) is 0 Å². The van der Waals surface area contributed by atoms with Gasteiger partial charge in [-0.05, 0) is 37.6 Å². The number of aromatic hydroxyl groups is 1. The number of aliphatic imine (C=N–C) groups is 1. The lowest BCUT2D eigenvalue weighted by molar-refractivity contribution is -0.144. The van der Waals surface area contributed by atoms with Crippen LogP contribution in [0.5, 0.6) is 11.5 Å². The summed E-state index contributed by atoms with van der Waals surface area (Å²) in [6, 6.07) is 10.3. The summed E-state index contributed by atoms with van der Waals surface area (Å²) in [5, 5.41) is 19.0. The number of hydrogen-bond donors (Lipinski definition) is 5. The van der Waals surface area contributed by atoms with E-state index in [-0.39, 0.29) is 22.8 Å². The maximum Gasteiger partial charge on any atom is 0.326 e. The third-order valence-corrected chi connectivity index (χ3v) is 6.65. The highest BCUT2D eigenvalue weighted by atomic mass is 32.2. The molecule has 2 aromatic carbocycles. The molecule has 13 heteroatoms. The average Bonchev–Trinajstić information content (AvgIpc) is 2.90. The zero-order valence-electron chi connectivity index (χ0n) is 20.4. The molecule has 0 saturated carbocycles. The minimum Gasteiger partial charge on any atom is -0.507 e. The van der Waals surface area contributed by atoms with Gasteiger partial charge in [-0.15, -0.1) is 0 Å². The van der Waals surface area contributed by atoms with Crippen molar-refractivity contribution in [2.75, 3.05) is 39.4 Å². The highest BCUT2D eigenvalue weighted by Crippen LogP contribution is 2.23. The Kier molecular flexibility index (Phi) is 10.1. The van der Waals surface area contributed by atoms with E-state index >= 15 is 0 Å². The number of nitrogens with one attached hydrogen (secondary N) is 4. The average molecular weight is 534 g/mol. The molecule has 3 rings (SSSR count). The molecule has 5 N–H and O–H groups in total. The summed E-state index contributed by atoms with van der Waals surface area (Å²) in [5.74, 6) is -0.816. The largest absolute Gasteiger partial charge is 0.507 e. The Morgan fingerprint density at radius 1 is 1.19 bits per heavy atom. The number of sulfonamides is 1. The molecule has 2 aromatic rings. The van der Waals surface area contributed by atoms with Crippen LogP contribution in [0, 0.1) is 0 Å². The molecule has 1 aliphatic rings. The van der Waals surface area contributed by atoms with E-state index in [1.807, 2.05) is 0 Å². The van der Waals surface area contributed by atoms with Crippen LogP contribution in [0.4, 0.5) is 0 Å². The van der Waals surface area contributed by atoms with Gasteiger partial charge in [-0.2, -0.15) is 4.72 Å². The predicted octanol–water partition coefficient (Wildman–Crippen LogP) is 0.350. The fourth-order valence-electron chi connectivity index (χ4n) is 3.34. The van der Waals surface area contributed by atoms with Gasteiger partial charge in [0.05, 0.1) is 23.6 Å². The molecule has 0 unspecified atom stereocenters. The first kappa shape index (κ1) is 27.7. The number of ether oxygens (including phenoxy) is 2. The minimum absolute atomic E-state index is 0.0265. The van der Waals surface area contributed by atoms with Crippen LogP contribution in [0.1, 0.15) is 23.7 Å². The quantitative estimate of drug-likeness (QED) is 0.191. The third kappa shape index (κ3) is 8.36.